The lowest BCUT2D eigenvalue weighted by Gasteiger charge is -2.03. The van der Waals surface area contributed by atoms with E-state index in [1.807, 2.05) is 36.4 Å². The highest BCUT2D eigenvalue weighted by molar-refractivity contribution is 5.94. The molecule has 0 atom stereocenters. The number of aryl methyl sites for hydroxylation is 1. The number of benzene rings is 4. The average molecular weight is 439 g/mol. The number of halogens is 1. The molecule has 2 aromatic heterocycles. The van der Waals surface area contributed by atoms with Crippen LogP contribution in [0.15, 0.2) is 97.1 Å². The number of fused-ring (bicyclic) bond motifs is 4. The summed E-state index contributed by atoms with van der Waals surface area (Å²) < 4.78 is 2.24. The highest BCUT2D eigenvalue weighted by Crippen LogP contribution is 2.23. The number of rotatable bonds is 0. The molecule has 0 fully saturated rings. The van der Waals surface area contributed by atoms with Crippen LogP contribution in [0.2, 0.25) is 0 Å². The second-order valence-electron chi connectivity index (χ2n) is 7.71. The van der Waals surface area contributed by atoms with Gasteiger partial charge in [-0.1, -0.05) is 36.4 Å². The van der Waals surface area contributed by atoms with Gasteiger partial charge >= 0.3 is 0 Å². The number of anilines is 2. The van der Waals surface area contributed by atoms with Crippen molar-refractivity contribution in [2.24, 2.45) is 7.05 Å². The Kier molecular flexibility index (Phi) is 5.80. The highest BCUT2D eigenvalue weighted by atomic mass is 35.5. The van der Waals surface area contributed by atoms with E-state index in [4.69, 9.17) is 11.5 Å². The zero-order valence-electron chi connectivity index (χ0n) is 17.7. The minimum Gasteiger partial charge on any atom is -1.00 e. The fraction of sp³-hybridized carbons (Fsp3) is 0.0370. The zero-order valence-corrected chi connectivity index (χ0v) is 18.4. The number of nitrogen functional groups attached to an aromatic ring is 2. The van der Waals surface area contributed by atoms with Crippen molar-refractivity contribution in [1.82, 2.24) is 4.98 Å². The van der Waals surface area contributed by atoms with Crippen LogP contribution in [0.5, 0.6) is 0 Å². The topological polar surface area (TPSA) is 68.8 Å². The van der Waals surface area contributed by atoms with Crippen molar-refractivity contribution in [3.63, 3.8) is 0 Å². The summed E-state index contributed by atoms with van der Waals surface area (Å²) in [7, 11) is 2.12. The third-order valence-electron chi connectivity index (χ3n) is 5.57. The minimum atomic E-state index is 0. The molecular weight excluding hydrogens is 416 g/mol. The summed E-state index contributed by atoms with van der Waals surface area (Å²) in [4.78, 5) is 4.54. The van der Waals surface area contributed by atoms with E-state index in [1.54, 1.807) is 0 Å². The van der Waals surface area contributed by atoms with Crippen LogP contribution in [-0.2, 0) is 7.05 Å². The van der Waals surface area contributed by atoms with Crippen LogP contribution < -0.4 is 28.4 Å². The van der Waals surface area contributed by atoms with Crippen LogP contribution >= 0.6 is 0 Å². The molecule has 4 nitrogen and oxygen atoms in total. The third kappa shape index (κ3) is 4.01. The van der Waals surface area contributed by atoms with E-state index in [-0.39, 0.29) is 12.4 Å². The fourth-order valence-electron chi connectivity index (χ4n) is 3.98. The van der Waals surface area contributed by atoms with E-state index in [0.29, 0.717) is 0 Å². The molecule has 0 aliphatic carbocycles. The third-order valence-corrected chi connectivity index (χ3v) is 5.57. The summed E-state index contributed by atoms with van der Waals surface area (Å²) in [6.07, 6.45) is 0. The number of aromatic nitrogens is 2. The smallest absolute Gasteiger partial charge is 0.212 e. The summed E-state index contributed by atoms with van der Waals surface area (Å²) >= 11 is 0. The lowest BCUT2D eigenvalue weighted by Crippen LogP contribution is -3.00. The van der Waals surface area contributed by atoms with Gasteiger partial charge in [-0.25, -0.2) is 4.98 Å². The summed E-state index contributed by atoms with van der Waals surface area (Å²) in [6, 6.07) is 32.7. The maximum atomic E-state index is 5.73. The second kappa shape index (κ2) is 8.69. The normalized spacial score (nSPS) is 10.7. The van der Waals surface area contributed by atoms with Crippen molar-refractivity contribution >= 4 is 55.0 Å². The molecule has 6 rings (SSSR count). The molecule has 0 unspecified atom stereocenters. The van der Waals surface area contributed by atoms with Gasteiger partial charge in [-0.05, 0) is 48.5 Å². The Bertz CT molecular complexity index is 1470. The fourth-order valence-corrected chi connectivity index (χ4v) is 3.98. The van der Waals surface area contributed by atoms with Crippen LogP contribution in [0.3, 0.4) is 0 Å². The first-order valence-electron chi connectivity index (χ1n) is 10.2. The van der Waals surface area contributed by atoms with Crippen LogP contribution in [0.4, 0.5) is 11.4 Å². The maximum absolute atomic E-state index is 5.73. The molecule has 158 valence electrons. The van der Waals surface area contributed by atoms with Crippen molar-refractivity contribution < 1.29 is 17.0 Å². The Morgan fingerprint density at radius 1 is 0.562 bits per heavy atom. The molecule has 0 radical (unpaired) electrons. The molecule has 0 aliphatic rings. The number of hydrogen-bond donors (Lipinski definition) is 2. The Balaban J connectivity index is 0.000000149. The lowest BCUT2D eigenvalue weighted by atomic mass is 10.1. The Morgan fingerprint density at radius 3 is 1.50 bits per heavy atom. The number of nitrogens with zero attached hydrogens (tertiary/aromatic N) is 2. The molecule has 0 aliphatic heterocycles. The Labute approximate surface area is 192 Å². The summed E-state index contributed by atoms with van der Waals surface area (Å²) in [5.41, 5.74) is 17.3. The van der Waals surface area contributed by atoms with Crippen molar-refractivity contribution in [2.75, 3.05) is 11.5 Å². The van der Waals surface area contributed by atoms with Gasteiger partial charge in [0, 0.05) is 45.1 Å². The highest BCUT2D eigenvalue weighted by Gasteiger charge is 2.09. The summed E-state index contributed by atoms with van der Waals surface area (Å²) in [5.74, 6) is 0. The van der Waals surface area contributed by atoms with Crippen LogP contribution in [0.1, 0.15) is 0 Å². The molecular formula is C27H23ClN4. The van der Waals surface area contributed by atoms with E-state index in [9.17, 15) is 0 Å². The number of hydrogen-bond acceptors (Lipinski definition) is 3. The lowest BCUT2D eigenvalue weighted by molar-refractivity contribution is -0.617. The van der Waals surface area contributed by atoms with E-state index >= 15 is 0 Å². The minimum absolute atomic E-state index is 0. The molecule has 0 spiro atoms. The van der Waals surface area contributed by atoms with Gasteiger partial charge in [0.25, 0.3) is 0 Å². The first kappa shape index (κ1) is 21.3. The summed E-state index contributed by atoms with van der Waals surface area (Å²) in [5, 5.41) is 4.76. The molecule has 0 bridgehead atoms. The summed E-state index contributed by atoms with van der Waals surface area (Å²) in [6.45, 7) is 0. The van der Waals surface area contributed by atoms with Crippen molar-refractivity contribution in [3.05, 3.63) is 97.1 Å². The molecule has 6 aromatic rings. The Hall–Kier alpha value is -3.89. The quantitative estimate of drug-likeness (QED) is 0.217. The monoisotopic (exact) mass is 438 g/mol. The van der Waals surface area contributed by atoms with E-state index in [2.05, 4.69) is 77.3 Å². The molecule has 0 saturated heterocycles. The molecule has 4 N–H and O–H groups in total. The van der Waals surface area contributed by atoms with Gasteiger partial charge in [-0.3, -0.25) is 0 Å². The first-order chi connectivity index (χ1) is 15.1. The predicted molar refractivity (Wildman–Crippen MR) is 131 cm³/mol. The molecule has 0 saturated carbocycles. The average Bonchev–Trinajstić information content (AvgIpc) is 2.78. The van der Waals surface area contributed by atoms with Gasteiger partial charge in [0.15, 0.2) is 0 Å². The van der Waals surface area contributed by atoms with Crippen LogP contribution in [-0.4, -0.2) is 4.98 Å². The maximum Gasteiger partial charge on any atom is 0.212 e. The van der Waals surface area contributed by atoms with Gasteiger partial charge in [0.2, 0.25) is 11.0 Å². The van der Waals surface area contributed by atoms with Crippen molar-refractivity contribution in [3.8, 4) is 0 Å². The van der Waals surface area contributed by atoms with Gasteiger partial charge in [0.1, 0.15) is 7.05 Å². The zero-order chi connectivity index (χ0) is 21.4. The molecule has 32 heavy (non-hydrogen) atoms. The van der Waals surface area contributed by atoms with E-state index in [1.165, 1.54) is 21.8 Å². The van der Waals surface area contributed by atoms with Crippen molar-refractivity contribution in [1.29, 1.82) is 0 Å². The van der Waals surface area contributed by atoms with E-state index < -0.39 is 0 Å². The molecule has 2 heterocycles. The number of para-hydroxylation sites is 2. The number of pyridine rings is 2. The number of nitrogens with two attached hydrogens (primary N) is 2. The van der Waals surface area contributed by atoms with Gasteiger partial charge in [-0.2, -0.15) is 4.57 Å². The molecule has 4 aromatic carbocycles. The first-order valence-corrected chi connectivity index (χ1v) is 10.2. The van der Waals surface area contributed by atoms with Crippen molar-refractivity contribution in [2.45, 2.75) is 0 Å². The molecule has 5 heteroatoms. The molecule has 0 amide bonds. The largest absolute Gasteiger partial charge is 1.00 e. The van der Waals surface area contributed by atoms with Crippen LogP contribution in [0.25, 0.3) is 43.6 Å². The van der Waals surface area contributed by atoms with Gasteiger partial charge in [-0.15, -0.1) is 0 Å². The standard InChI is InChI=1S/C14H12N.C13H11N3.ClH/c1-15-13-8-4-2-6-11(13)10-12-7-3-5-9-14(12)15;14-10-3-1-8-5-9-2-4-11(15)7-13(9)16-12(8)6-10;/h2-10H,1H3;1-7H,14-15H2;1H/q+1;;/p-1. The van der Waals surface area contributed by atoms with Gasteiger partial charge in [0.05, 0.1) is 11.0 Å². The van der Waals surface area contributed by atoms with E-state index in [0.717, 1.165) is 33.2 Å². The SMILES string of the molecule is C[n+]1c2ccccc2cc2ccccc21.Nc1ccc2cc3ccc(N)cc3nc2c1.[Cl-]. The predicted octanol–water partition coefficient (Wildman–Crippen LogP) is 2.37. The Morgan fingerprint density at radius 2 is 1.00 bits per heavy atom. The second-order valence-corrected chi connectivity index (χ2v) is 7.71. The van der Waals surface area contributed by atoms with Gasteiger partial charge < -0.3 is 23.9 Å². The van der Waals surface area contributed by atoms with Crippen LogP contribution in [0, 0.1) is 0 Å².